The van der Waals surface area contributed by atoms with Crippen LogP contribution in [0.1, 0.15) is 31.9 Å². The zero-order valence-electron chi connectivity index (χ0n) is 12.6. The molecule has 0 amide bonds. The van der Waals surface area contributed by atoms with Gasteiger partial charge in [0.1, 0.15) is 5.82 Å². The van der Waals surface area contributed by atoms with Crippen LogP contribution in [-0.4, -0.2) is 10.7 Å². The fraction of sp³-hybridized carbons (Fsp3) is 0.250. The van der Waals surface area contributed by atoms with Gasteiger partial charge < -0.3 is 10.7 Å². The molecule has 1 aromatic carbocycles. The van der Waals surface area contributed by atoms with Gasteiger partial charge in [-0.25, -0.2) is 9.37 Å². The van der Waals surface area contributed by atoms with Crippen LogP contribution in [0.3, 0.4) is 0 Å². The molecule has 0 fully saturated rings. The number of pyridine rings is 1. The van der Waals surface area contributed by atoms with Crippen LogP contribution in [0.4, 0.5) is 20.2 Å². The first-order chi connectivity index (χ1) is 9.99. The quantitative estimate of drug-likeness (QED) is 0.629. The Hall–Kier alpha value is -2.30. The third-order valence-corrected chi connectivity index (χ3v) is 2.80. The van der Waals surface area contributed by atoms with Gasteiger partial charge in [0.15, 0.2) is 0 Å². The molecular formula is C16H19F2N3. The van der Waals surface area contributed by atoms with E-state index < -0.39 is 5.95 Å². The molecule has 0 aliphatic carbocycles. The van der Waals surface area contributed by atoms with Gasteiger partial charge in [0.05, 0.1) is 17.6 Å². The molecule has 0 spiro atoms. The van der Waals surface area contributed by atoms with Crippen molar-refractivity contribution in [3.05, 3.63) is 53.4 Å². The number of halogens is 2. The Morgan fingerprint density at radius 1 is 1.14 bits per heavy atom. The van der Waals surface area contributed by atoms with Crippen molar-refractivity contribution in [2.75, 3.05) is 5.32 Å². The number of anilines is 2. The summed E-state index contributed by atoms with van der Waals surface area (Å²) in [7, 11) is 0. The van der Waals surface area contributed by atoms with Crippen molar-refractivity contribution in [1.82, 2.24) is 4.98 Å². The van der Waals surface area contributed by atoms with Crippen LogP contribution in [-0.2, 0) is 0 Å². The summed E-state index contributed by atoms with van der Waals surface area (Å²) in [6.07, 6.45) is 1.32. The summed E-state index contributed by atoms with van der Waals surface area (Å²) in [5.74, 6) is -0.937. The van der Waals surface area contributed by atoms with Crippen LogP contribution in [0.15, 0.2) is 30.5 Å². The molecule has 1 heterocycles. The Bertz CT molecular complexity index is 622. The Morgan fingerprint density at radius 2 is 1.81 bits per heavy atom. The average molecular weight is 291 g/mol. The molecule has 21 heavy (non-hydrogen) atoms. The van der Waals surface area contributed by atoms with Gasteiger partial charge in [0.2, 0.25) is 5.95 Å². The van der Waals surface area contributed by atoms with Gasteiger partial charge in [0.25, 0.3) is 0 Å². The molecule has 112 valence electrons. The summed E-state index contributed by atoms with van der Waals surface area (Å²) in [6, 6.07) is 5.60. The van der Waals surface area contributed by atoms with Crippen molar-refractivity contribution in [3.63, 3.8) is 0 Å². The van der Waals surface area contributed by atoms with Crippen molar-refractivity contribution >= 4 is 17.1 Å². The summed E-state index contributed by atoms with van der Waals surface area (Å²) in [5, 5.41) is 10.7. The Balaban J connectivity index is 0.00000106. The Labute approximate surface area is 123 Å². The van der Waals surface area contributed by atoms with Crippen molar-refractivity contribution in [2.24, 2.45) is 0 Å². The number of rotatable bonds is 3. The molecule has 1 aromatic heterocycles. The largest absolute Gasteiger partial charge is 0.353 e. The van der Waals surface area contributed by atoms with Crippen LogP contribution >= 0.6 is 0 Å². The summed E-state index contributed by atoms with van der Waals surface area (Å²) < 4.78 is 26.3. The normalized spacial score (nSPS) is 9.62. The first kappa shape index (κ1) is 16.8. The van der Waals surface area contributed by atoms with Crippen LogP contribution in [0.2, 0.25) is 0 Å². The SMILES string of the molecule is CC.CC(=N)c1ccc(F)c(C)c1Nc1ccc(F)nc1. The molecule has 2 aromatic rings. The lowest BCUT2D eigenvalue weighted by Crippen LogP contribution is -2.04. The molecule has 0 aliphatic heterocycles. The minimum Gasteiger partial charge on any atom is -0.353 e. The lowest BCUT2D eigenvalue weighted by atomic mass is 10.0. The van der Waals surface area contributed by atoms with Crippen LogP contribution < -0.4 is 5.32 Å². The van der Waals surface area contributed by atoms with Gasteiger partial charge in [-0.15, -0.1) is 0 Å². The number of benzene rings is 1. The summed E-state index contributed by atoms with van der Waals surface area (Å²) in [4.78, 5) is 3.53. The van der Waals surface area contributed by atoms with Crippen LogP contribution in [0, 0.1) is 24.1 Å². The number of aromatic nitrogens is 1. The number of hydrogen-bond donors (Lipinski definition) is 2. The molecule has 5 heteroatoms. The second kappa shape index (κ2) is 7.47. The molecule has 0 saturated carbocycles. The lowest BCUT2D eigenvalue weighted by Gasteiger charge is -2.14. The van der Waals surface area contributed by atoms with E-state index in [-0.39, 0.29) is 5.82 Å². The average Bonchev–Trinajstić information content (AvgIpc) is 2.48. The fourth-order valence-electron chi connectivity index (χ4n) is 1.75. The molecule has 3 nitrogen and oxygen atoms in total. The minimum atomic E-state index is -0.579. The van der Waals surface area contributed by atoms with E-state index in [4.69, 9.17) is 5.41 Å². The van der Waals surface area contributed by atoms with Crippen molar-refractivity contribution < 1.29 is 8.78 Å². The maximum atomic E-state index is 13.6. The van der Waals surface area contributed by atoms with E-state index in [0.717, 1.165) is 0 Å². The van der Waals surface area contributed by atoms with Gasteiger partial charge in [-0.1, -0.05) is 13.8 Å². The van der Waals surface area contributed by atoms with Crippen molar-refractivity contribution in [3.8, 4) is 0 Å². The first-order valence-electron chi connectivity index (χ1n) is 6.72. The molecule has 0 saturated heterocycles. The van der Waals surface area contributed by atoms with Gasteiger partial charge >= 0.3 is 0 Å². The maximum absolute atomic E-state index is 13.6. The van der Waals surface area contributed by atoms with Crippen LogP contribution in [0.25, 0.3) is 0 Å². The van der Waals surface area contributed by atoms with E-state index in [1.165, 1.54) is 24.4 Å². The molecule has 0 aliphatic rings. The number of hydrogen-bond acceptors (Lipinski definition) is 3. The highest BCUT2D eigenvalue weighted by Gasteiger charge is 2.12. The van der Waals surface area contributed by atoms with E-state index in [0.29, 0.717) is 28.2 Å². The second-order valence-corrected chi connectivity index (χ2v) is 4.21. The molecule has 0 bridgehead atoms. The predicted octanol–water partition coefficient (Wildman–Crippen LogP) is 4.83. The smallest absolute Gasteiger partial charge is 0.212 e. The highest BCUT2D eigenvalue weighted by molar-refractivity contribution is 6.02. The Morgan fingerprint density at radius 3 is 2.33 bits per heavy atom. The van der Waals surface area contributed by atoms with E-state index in [9.17, 15) is 8.78 Å². The minimum absolute atomic E-state index is 0.320. The Kier molecular flexibility index (Phi) is 5.96. The molecular weight excluding hydrogens is 272 g/mol. The van der Waals surface area contributed by atoms with Crippen molar-refractivity contribution in [1.29, 1.82) is 5.41 Å². The van der Waals surface area contributed by atoms with Gasteiger partial charge in [-0.05, 0) is 38.1 Å². The molecule has 0 radical (unpaired) electrons. The number of nitrogens with zero attached hydrogens (tertiary/aromatic N) is 1. The molecule has 0 atom stereocenters. The molecule has 0 unspecified atom stereocenters. The second-order valence-electron chi connectivity index (χ2n) is 4.21. The summed E-state index contributed by atoms with van der Waals surface area (Å²) in [6.45, 7) is 7.25. The number of nitrogens with one attached hydrogen (secondary N) is 2. The summed E-state index contributed by atoms with van der Waals surface area (Å²) in [5.41, 5.74) is 2.37. The van der Waals surface area contributed by atoms with E-state index >= 15 is 0 Å². The van der Waals surface area contributed by atoms with Crippen molar-refractivity contribution in [2.45, 2.75) is 27.7 Å². The zero-order valence-corrected chi connectivity index (χ0v) is 12.6. The maximum Gasteiger partial charge on any atom is 0.212 e. The van der Waals surface area contributed by atoms with Gasteiger partial charge in [0, 0.05) is 16.8 Å². The zero-order chi connectivity index (χ0) is 16.0. The first-order valence-corrected chi connectivity index (χ1v) is 6.72. The van der Waals surface area contributed by atoms with Gasteiger partial charge in [-0.3, -0.25) is 0 Å². The highest BCUT2D eigenvalue weighted by atomic mass is 19.1. The van der Waals surface area contributed by atoms with E-state index in [2.05, 4.69) is 10.3 Å². The third-order valence-electron chi connectivity index (χ3n) is 2.80. The van der Waals surface area contributed by atoms with E-state index in [1.54, 1.807) is 19.9 Å². The van der Waals surface area contributed by atoms with E-state index in [1.807, 2.05) is 13.8 Å². The monoisotopic (exact) mass is 291 g/mol. The fourth-order valence-corrected chi connectivity index (χ4v) is 1.75. The standard InChI is InChI=1S/C14H13F2N3.C2H6/c1-8-12(15)5-4-11(9(2)17)14(8)19-10-3-6-13(16)18-7-10;1-2/h3-7,17,19H,1-2H3;1-2H3. The molecule has 2 rings (SSSR count). The lowest BCUT2D eigenvalue weighted by molar-refractivity contribution is 0.584. The topological polar surface area (TPSA) is 48.8 Å². The van der Waals surface area contributed by atoms with Gasteiger partial charge in [-0.2, -0.15) is 4.39 Å². The highest BCUT2D eigenvalue weighted by Crippen LogP contribution is 2.27. The third kappa shape index (κ3) is 4.08. The predicted molar refractivity (Wildman–Crippen MR) is 82.5 cm³/mol. The molecule has 2 N–H and O–H groups in total. The summed E-state index contributed by atoms with van der Waals surface area (Å²) >= 11 is 0. The van der Waals surface area contributed by atoms with Crippen LogP contribution in [0.5, 0.6) is 0 Å².